The molecule has 16 heavy (non-hydrogen) atoms. The highest BCUT2D eigenvalue weighted by atomic mass is 35.5. The van der Waals surface area contributed by atoms with Gasteiger partial charge in [0, 0.05) is 18.2 Å². The standard InChI is InChI=1S/C12H21ClN2O/c1-3-5-7-10(4-2)12-15-14-11(16-12)8-6-9-13/h10H,3-9H2,1-2H3. The lowest BCUT2D eigenvalue weighted by Gasteiger charge is -2.08. The van der Waals surface area contributed by atoms with Gasteiger partial charge in [0.25, 0.3) is 0 Å². The molecule has 92 valence electrons. The molecule has 0 spiro atoms. The van der Waals surface area contributed by atoms with E-state index < -0.39 is 0 Å². The van der Waals surface area contributed by atoms with Gasteiger partial charge in [-0.3, -0.25) is 0 Å². The Morgan fingerprint density at radius 2 is 2.06 bits per heavy atom. The summed E-state index contributed by atoms with van der Waals surface area (Å²) in [5.41, 5.74) is 0. The molecule has 1 atom stereocenters. The molecule has 3 nitrogen and oxygen atoms in total. The fourth-order valence-electron chi connectivity index (χ4n) is 1.70. The summed E-state index contributed by atoms with van der Waals surface area (Å²) in [6.07, 6.45) is 6.33. The second kappa shape index (κ2) is 7.66. The zero-order valence-electron chi connectivity index (χ0n) is 10.2. The van der Waals surface area contributed by atoms with Crippen LogP contribution < -0.4 is 0 Å². The summed E-state index contributed by atoms with van der Waals surface area (Å²) in [4.78, 5) is 0. The van der Waals surface area contributed by atoms with Crippen LogP contribution in [0.25, 0.3) is 0 Å². The van der Waals surface area contributed by atoms with E-state index in [2.05, 4.69) is 24.0 Å². The molecule has 1 aromatic heterocycles. The minimum absolute atomic E-state index is 0.428. The molecule has 1 heterocycles. The summed E-state index contributed by atoms with van der Waals surface area (Å²) in [5.74, 6) is 2.61. The summed E-state index contributed by atoms with van der Waals surface area (Å²) in [6, 6.07) is 0. The molecule has 1 unspecified atom stereocenters. The first-order valence-electron chi connectivity index (χ1n) is 6.20. The minimum Gasteiger partial charge on any atom is -0.425 e. The van der Waals surface area contributed by atoms with Crippen LogP contribution >= 0.6 is 11.6 Å². The van der Waals surface area contributed by atoms with Gasteiger partial charge in [-0.2, -0.15) is 0 Å². The van der Waals surface area contributed by atoms with E-state index in [1.807, 2.05) is 0 Å². The van der Waals surface area contributed by atoms with Crippen molar-refractivity contribution in [3.63, 3.8) is 0 Å². The topological polar surface area (TPSA) is 38.9 Å². The summed E-state index contributed by atoms with van der Waals surface area (Å²) in [5, 5.41) is 8.19. The summed E-state index contributed by atoms with van der Waals surface area (Å²) < 4.78 is 5.65. The van der Waals surface area contributed by atoms with E-state index in [0.717, 1.165) is 37.5 Å². The van der Waals surface area contributed by atoms with Crippen LogP contribution in [-0.2, 0) is 6.42 Å². The van der Waals surface area contributed by atoms with Crippen LogP contribution in [0.3, 0.4) is 0 Å². The van der Waals surface area contributed by atoms with Gasteiger partial charge in [-0.05, 0) is 19.3 Å². The zero-order chi connectivity index (χ0) is 11.8. The molecule has 0 aliphatic carbocycles. The van der Waals surface area contributed by atoms with Crippen molar-refractivity contribution in [2.24, 2.45) is 0 Å². The molecule has 0 saturated heterocycles. The van der Waals surface area contributed by atoms with Gasteiger partial charge >= 0.3 is 0 Å². The van der Waals surface area contributed by atoms with Gasteiger partial charge in [0.2, 0.25) is 11.8 Å². The Morgan fingerprint density at radius 1 is 1.25 bits per heavy atom. The molecule has 0 amide bonds. The Labute approximate surface area is 103 Å². The first-order valence-corrected chi connectivity index (χ1v) is 6.73. The van der Waals surface area contributed by atoms with E-state index in [-0.39, 0.29) is 0 Å². The second-order valence-electron chi connectivity index (χ2n) is 4.07. The maximum absolute atomic E-state index is 5.65. The van der Waals surface area contributed by atoms with Crippen LogP contribution in [0.5, 0.6) is 0 Å². The van der Waals surface area contributed by atoms with E-state index in [1.54, 1.807) is 0 Å². The zero-order valence-corrected chi connectivity index (χ0v) is 11.0. The van der Waals surface area contributed by atoms with Crippen molar-refractivity contribution in [2.75, 3.05) is 5.88 Å². The maximum Gasteiger partial charge on any atom is 0.219 e. The Hall–Kier alpha value is -0.570. The quantitative estimate of drug-likeness (QED) is 0.651. The highest BCUT2D eigenvalue weighted by Gasteiger charge is 2.16. The smallest absolute Gasteiger partial charge is 0.219 e. The Kier molecular flexibility index (Phi) is 6.46. The molecule has 0 N–H and O–H groups in total. The van der Waals surface area contributed by atoms with Gasteiger partial charge in [-0.1, -0.05) is 26.7 Å². The molecule has 0 aliphatic rings. The van der Waals surface area contributed by atoms with Crippen LogP contribution in [0.15, 0.2) is 4.42 Å². The Bertz CT molecular complexity index is 288. The maximum atomic E-state index is 5.65. The number of aromatic nitrogens is 2. The van der Waals surface area contributed by atoms with Gasteiger partial charge in [-0.15, -0.1) is 21.8 Å². The molecule has 1 aromatic rings. The number of aryl methyl sites for hydroxylation is 1. The number of hydrogen-bond acceptors (Lipinski definition) is 3. The third-order valence-corrected chi connectivity index (χ3v) is 3.02. The van der Waals surface area contributed by atoms with E-state index in [1.165, 1.54) is 12.8 Å². The molecule has 0 saturated carbocycles. The van der Waals surface area contributed by atoms with Crippen LogP contribution in [-0.4, -0.2) is 16.1 Å². The monoisotopic (exact) mass is 244 g/mol. The average molecular weight is 245 g/mol. The van der Waals surface area contributed by atoms with Crippen molar-refractivity contribution in [1.82, 2.24) is 10.2 Å². The summed E-state index contributed by atoms with van der Waals surface area (Å²) in [7, 11) is 0. The molecule has 0 aromatic carbocycles. The lowest BCUT2D eigenvalue weighted by molar-refractivity contribution is 0.392. The van der Waals surface area contributed by atoms with Gasteiger partial charge in [0.05, 0.1) is 0 Å². The molecular weight excluding hydrogens is 224 g/mol. The number of nitrogens with zero attached hydrogens (tertiary/aromatic N) is 2. The highest BCUT2D eigenvalue weighted by Crippen LogP contribution is 2.24. The van der Waals surface area contributed by atoms with E-state index in [9.17, 15) is 0 Å². The summed E-state index contributed by atoms with van der Waals surface area (Å²) in [6.45, 7) is 4.37. The van der Waals surface area contributed by atoms with Crippen LogP contribution in [0.4, 0.5) is 0 Å². The number of unbranched alkanes of at least 4 members (excludes halogenated alkanes) is 1. The third-order valence-electron chi connectivity index (χ3n) is 2.75. The highest BCUT2D eigenvalue weighted by molar-refractivity contribution is 6.17. The lowest BCUT2D eigenvalue weighted by atomic mass is 10.00. The second-order valence-corrected chi connectivity index (χ2v) is 4.45. The van der Waals surface area contributed by atoms with E-state index in [0.29, 0.717) is 11.8 Å². The van der Waals surface area contributed by atoms with Crippen molar-refractivity contribution in [2.45, 2.75) is 58.3 Å². The molecule has 1 rings (SSSR count). The predicted molar refractivity (Wildman–Crippen MR) is 65.9 cm³/mol. The first-order chi connectivity index (χ1) is 7.81. The van der Waals surface area contributed by atoms with Crippen molar-refractivity contribution >= 4 is 11.6 Å². The number of rotatable bonds is 8. The SMILES string of the molecule is CCCCC(CC)c1nnc(CCCCl)o1. The third kappa shape index (κ3) is 4.12. The normalized spacial score (nSPS) is 12.9. The van der Waals surface area contributed by atoms with Gasteiger partial charge in [0.1, 0.15) is 0 Å². The summed E-state index contributed by atoms with van der Waals surface area (Å²) >= 11 is 5.63. The number of hydrogen-bond donors (Lipinski definition) is 0. The average Bonchev–Trinajstić information content (AvgIpc) is 2.76. The van der Waals surface area contributed by atoms with Crippen molar-refractivity contribution in [3.8, 4) is 0 Å². The first kappa shape index (κ1) is 13.5. The van der Waals surface area contributed by atoms with E-state index in [4.69, 9.17) is 16.0 Å². The van der Waals surface area contributed by atoms with Crippen LogP contribution in [0.1, 0.15) is 63.7 Å². The largest absolute Gasteiger partial charge is 0.425 e. The Balaban J connectivity index is 2.52. The molecule has 0 fully saturated rings. The van der Waals surface area contributed by atoms with Crippen LogP contribution in [0.2, 0.25) is 0 Å². The van der Waals surface area contributed by atoms with Gasteiger partial charge in [0.15, 0.2) is 0 Å². The molecule has 0 radical (unpaired) electrons. The van der Waals surface area contributed by atoms with Crippen molar-refractivity contribution in [1.29, 1.82) is 0 Å². The predicted octanol–water partition coefficient (Wildman–Crippen LogP) is 3.92. The van der Waals surface area contributed by atoms with Crippen molar-refractivity contribution < 1.29 is 4.42 Å². The molecular formula is C12H21ClN2O. The fourth-order valence-corrected chi connectivity index (χ4v) is 1.84. The number of halogens is 1. The lowest BCUT2D eigenvalue weighted by Crippen LogP contribution is -1.97. The number of alkyl halides is 1. The van der Waals surface area contributed by atoms with Gasteiger partial charge in [-0.25, -0.2) is 0 Å². The van der Waals surface area contributed by atoms with Crippen LogP contribution in [0, 0.1) is 0 Å². The Morgan fingerprint density at radius 3 is 2.69 bits per heavy atom. The molecule has 0 bridgehead atoms. The molecule has 4 heteroatoms. The van der Waals surface area contributed by atoms with Crippen molar-refractivity contribution in [3.05, 3.63) is 11.8 Å². The minimum atomic E-state index is 0.428. The van der Waals surface area contributed by atoms with Gasteiger partial charge < -0.3 is 4.42 Å². The fraction of sp³-hybridized carbons (Fsp3) is 0.833. The molecule has 0 aliphatic heterocycles. The van der Waals surface area contributed by atoms with E-state index >= 15 is 0 Å².